The molecule has 0 spiro atoms. The minimum atomic E-state index is -0.458. The molecule has 1 aliphatic carbocycles. The van der Waals surface area contributed by atoms with Crippen LogP contribution in [0.4, 0.5) is 11.5 Å². The molecule has 0 saturated heterocycles. The Morgan fingerprint density at radius 3 is 2.53 bits per heavy atom. The van der Waals surface area contributed by atoms with Gasteiger partial charge in [-0.2, -0.15) is 4.98 Å². The van der Waals surface area contributed by atoms with Crippen LogP contribution in [0.15, 0.2) is 0 Å². The first kappa shape index (κ1) is 14.0. The lowest BCUT2D eigenvalue weighted by atomic mass is 9.83. The highest BCUT2D eigenvalue weighted by Crippen LogP contribution is 2.34. The SMILES string of the molecule is Cc1nc(Cl)nc(NC2(C)CCCCC2)c1[N+](=O)[O-]. The van der Waals surface area contributed by atoms with E-state index in [2.05, 4.69) is 22.2 Å². The van der Waals surface area contributed by atoms with Gasteiger partial charge in [-0.1, -0.05) is 19.3 Å². The van der Waals surface area contributed by atoms with Gasteiger partial charge in [0, 0.05) is 5.54 Å². The van der Waals surface area contributed by atoms with E-state index in [0.29, 0.717) is 0 Å². The molecule has 0 bridgehead atoms. The number of nitro groups is 1. The van der Waals surface area contributed by atoms with E-state index in [0.717, 1.165) is 25.7 Å². The zero-order chi connectivity index (χ0) is 14.0. The van der Waals surface area contributed by atoms with Crippen molar-refractivity contribution in [2.45, 2.75) is 51.5 Å². The number of halogens is 1. The second-order valence-electron chi connectivity index (χ2n) is 5.28. The molecule has 0 aromatic carbocycles. The van der Waals surface area contributed by atoms with Crippen LogP contribution in [0.3, 0.4) is 0 Å². The normalized spacial score (nSPS) is 18.1. The molecule has 1 N–H and O–H groups in total. The quantitative estimate of drug-likeness (QED) is 0.522. The number of hydrogen-bond acceptors (Lipinski definition) is 5. The monoisotopic (exact) mass is 284 g/mol. The third kappa shape index (κ3) is 3.12. The summed E-state index contributed by atoms with van der Waals surface area (Å²) in [5.41, 5.74) is 0.0377. The van der Waals surface area contributed by atoms with Gasteiger partial charge in [-0.05, 0) is 38.3 Å². The molecule has 1 aromatic heterocycles. The summed E-state index contributed by atoms with van der Waals surface area (Å²) >= 11 is 5.81. The Kier molecular flexibility index (Phi) is 3.89. The summed E-state index contributed by atoms with van der Waals surface area (Å²) in [7, 11) is 0. The van der Waals surface area contributed by atoms with Crippen molar-refractivity contribution in [3.63, 3.8) is 0 Å². The maximum atomic E-state index is 11.1. The lowest BCUT2D eigenvalue weighted by Crippen LogP contribution is -2.37. The second kappa shape index (κ2) is 5.28. The zero-order valence-corrected chi connectivity index (χ0v) is 11.8. The molecular formula is C12H17ClN4O2. The largest absolute Gasteiger partial charge is 0.359 e. The average Bonchev–Trinajstić information content (AvgIpc) is 2.27. The van der Waals surface area contributed by atoms with Gasteiger partial charge in [0.1, 0.15) is 5.69 Å². The van der Waals surface area contributed by atoms with Crippen LogP contribution in [0.1, 0.15) is 44.7 Å². The number of nitrogens with zero attached hydrogens (tertiary/aromatic N) is 3. The highest BCUT2D eigenvalue weighted by Gasteiger charge is 2.31. The van der Waals surface area contributed by atoms with Crippen molar-refractivity contribution in [3.8, 4) is 0 Å². The fourth-order valence-corrected chi connectivity index (χ4v) is 2.79. The summed E-state index contributed by atoms with van der Waals surface area (Å²) in [4.78, 5) is 18.5. The molecule has 0 amide bonds. The molecule has 2 rings (SSSR count). The minimum Gasteiger partial charge on any atom is -0.359 e. The highest BCUT2D eigenvalue weighted by molar-refractivity contribution is 6.28. The first-order valence-corrected chi connectivity index (χ1v) is 6.76. The van der Waals surface area contributed by atoms with Gasteiger partial charge >= 0.3 is 5.69 Å². The van der Waals surface area contributed by atoms with Gasteiger partial charge in [-0.25, -0.2) is 4.98 Å². The van der Waals surface area contributed by atoms with Gasteiger partial charge in [0.05, 0.1) is 4.92 Å². The molecule has 1 heterocycles. The number of nitrogens with one attached hydrogen (secondary N) is 1. The number of rotatable bonds is 3. The fourth-order valence-electron chi connectivity index (χ4n) is 2.58. The Labute approximate surface area is 116 Å². The Hall–Kier alpha value is -1.43. The summed E-state index contributed by atoms with van der Waals surface area (Å²) < 4.78 is 0. The summed E-state index contributed by atoms with van der Waals surface area (Å²) in [6, 6.07) is 0. The highest BCUT2D eigenvalue weighted by atomic mass is 35.5. The molecule has 104 valence electrons. The number of aromatic nitrogens is 2. The predicted octanol–water partition coefficient (Wildman–Crippen LogP) is 3.48. The van der Waals surface area contributed by atoms with Gasteiger partial charge in [-0.15, -0.1) is 0 Å². The third-order valence-corrected chi connectivity index (χ3v) is 3.76. The Morgan fingerprint density at radius 2 is 1.95 bits per heavy atom. The van der Waals surface area contributed by atoms with E-state index in [1.54, 1.807) is 6.92 Å². The van der Waals surface area contributed by atoms with Crippen molar-refractivity contribution in [2.75, 3.05) is 5.32 Å². The van der Waals surface area contributed by atoms with Crippen LogP contribution in [-0.2, 0) is 0 Å². The summed E-state index contributed by atoms with van der Waals surface area (Å²) in [5.74, 6) is 0.229. The molecule has 0 unspecified atom stereocenters. The first-order chi connectivity index (χ1) is 8.91. The van der Waals surface area contributed by atoms with Crippen LogP contribution in [0.25, 0.3) is 0 Å². The van der Waals surface area contributed by atoms with Gasteiger partial charge in [0.25, 0.3) is 0 Å². The topological polar surface area (TPSA) is 81.0 Å². The van der Waals surface area contributed by atoms with E-state index in [4.69, 9.17) is 11.6 Å². The Bertz CT molecular complexity index is 501. The standard InChI is InChI=1S/C12H17ClN4O2/c1-8-9(17(18)19)10(15-11(13)14-8)16-12(2)6-4-3-5-7-12/h3-7H2,1-2H3,(H,14,15,16). The van der Waals surface area contributed by atoms with E-state index in [1.807, 2.05) is 0 Å². The maximum absolute atomic E-state index is 11.1. The molecule has 7 heteroatoms. The molecule has 0 aliphatic heterocycles. The van der Waals surface area contributed by atoms with Crippen LogP contribution in [0.5, 0.6) is 0 Å². The van der Waals surface area contributed by atoms with Crippen molar-refractivity contribution in [1.82, 2.24) is 9.97 Å². The van der Waals surface area contributed by atoms with E-state index < -0.39 is 4.92 Å². The van der Waals surface area contributed by atoms with Crippen LogP contribution in [-0.4, -0.2) is 20.4 Å². The third-order valence-electron chi connectivity index (χ3n) is 3.59. The Morgan fingerprint density at radius 1 is 1.32 bits per heavy atom. The van der Waals surface area contributed by atoms with Crippen molar-refractivity contribution >= 4 is 23.1 Å². The second-order valence-corrected chi connectivity index (χ2v) is 5.62. The van der Waals surface area contributed by atoms with E-state index in [1.165, 1.54) is 6.42 Å². The summed E-state index contributed by atoms with van der Waals surface area (Å²) in [6.45, 7) is 3.64. The summed E-state index contributed by atoms with van der Waals surface area (Å²) in [5, 5.41) is 14.4. The number of hydrogen-bond donors (Lipinski definition) is 1. The van der Waals surface area contributed by atoms with Crippen molar-refractivity contribution < 1.29 is 4.92 Å². The van der Waals surface area contributed by atoms with Gasteiger partial charge < -0.3 is 5.32 Å². The van der Waals surface area contributed by atoms with Crippen molar-refractivity contribution in [3.05, 3.63) is 21.1 Å². The molecule has 19 heavy (non-hydrogen) atoms. The van der Waals surface area contributed by atoms with E-state index in [-0.39, 0.29) is 28.0 Å². The fraction of sp³-hybridized carbons (Fsp3) is 0.667. The molecule has 1 aliphatic rings. The molecule has 1 aromatic rings. The van der Waals surface area contributed by atoms with Crippen LogP contribution < -0.4 is 5.32 Å². The maximum Gasteiger partial charge on any atom is 0.332 e. The number of aryl methyl sites for hydroxylation is 1. The average molecular weight is 285 g/mol. The van der Waals surface area contributed by atoms with Crippen LogP contribution in [0.2, 0.25) is 5.28 Å². The van der Waals surface area contributed by atoms with Gasteiger partial charge in [0.2, 0.25) is 11.1 Å². The predicted molar refractivity (Wildman–Crippen MR) is 73.5 cm³/mol. The van der Waals surface area contributed by atoms with E-state index >= 15 is 0 Å². The van der Waals surface area contributed by atoms with Crippen molar-refractivity contribution in [2.24, 2.45) is 0 Å². The smallest absolute Gasteiger partial charge is 0.332 e. The van der Waals surface area contributed by atoms with Crippen LogP contribution in [0, 0.1) is 17.0 Å². The summed E-state index contributed by atoms with van der Waals surface area (Å²) in [6.07, 6.45) is 5.41. The molecule has 1 saturated carbocycles. The molecule has 0 atom stereocenters. The lowest BCUT2D eigenvalue weighted by molar-refractivity contribution is -0.385. The molecule has 0 radical (unpaired) electrons. The number of anilines is 1. The lowest BCUT2D eigenvalue weighted by Gasteiger charge is -2.34. The molecule has 6 nitrogen and oxygen atoms in total. The van der Waals surface area contributed by atoms with Gasteiger partial charge in [0.15, 0.2) is 0 Å². The zero-order valence-electron chi connectivity index (χ0n) is 11.1. The van der Waals surface area contributed by atoms with Gasteiger partial charge in [-0.3, -0.25) is 10.1 Å². The minimum absolute atomic E-state index is 0.0324. The van der Waals surface area contributed by atoms with Crippen molar-refractivity contribution in [1.29, 1.82) is 0 Å². The molecular weight excluding hydrogens is 268 g/mol. The Balaban J connectivity index is 2.35. The first-order valence-electron chi connectivity index (χ1n) is 6.38. The van der Waals surface area contributed by atoms with E-state index in [9.17, 15) is 10.1 Å². The van der Waals surface area contributed by atoms with Crippen LogP contribution >= 0.6 is 11.6 Å². The molecule has 1 fully saturated rings.